The van der Waals surface area contributed by atoms with Gasteiger partial charge in [0.25, 0.3) is 0 Å². The zero-order chi connectivity index (χ0) is 17.2. The Morgan fingerprint density at radius 1 is 0.783 bits per heavy atom. The molecule has 1 aliphatic carbocycles. The zero-order valence-corrected chi connectivity index (χ0v) is 16.0. The molecule has 0 saturated carbocycles. The van der Waals surface area contributed by atoms with E-state index in [1.165, 1.54) is 45.5 Å². The fourth-order valence-corrected chi connectivity index (χ4v) is 4.55. The van der Waals surface area contributed by atoms with Crippen LogP contribution in [0.1, 0.15) is 61.9 Å². The molecule has 1 heteroatoms. The Balaban J connectivity index is 2.27. The minimum atomic E-state index is 0.250. The number of rotatable bonds is 1. The van der Waals surface area contributed by atoms with E-state index in [1.54, 1.807) is 0 Å². The Hall–Kier alpha value is -1.63. The van der Waals surface area contributed by atoms with E-state index in [4.69, 9.17) is 0 Å². The summed E-state index contributed by atoms with van der Waals surface area (Å²) in [6.45, 7) is 16.2. The lowest BCUT2D eigenvalue weighted by Crippen LogP contribution is -2.31. The van der Waals surface area contributed by atoms with Crippen LogP contribution in [0.4, 0.5) is 0 Å². The molecular formula is C22H30N+. The first kappa shape index (κ1) is 16.2. The molecule has 2 aromatic rings. The summed E-state index contributed by atoms with van der Waals surface area (Å²) in [5.41, 5.74) is 10.4. The van der Waals surface area contributed by atoms with Gasteiger partial charge in [0.1, 0.15) is 7.05 Å². The third kappa shape index (κ3) is 2.51. The van der Waals surface area contributed by atoms with Crippen molar-refractivity contribution in [2.24, 2.45) is 7.05 Å². The molecule has 0 aliphatic heterocycles. The number of fused-ring (bicyclic) bond motifs is 1. The number of pyridine rings is 1. The van der Waals surface area contributed by atoms with Crippen LogP contribution in [-0.4, -0.2) is 0 Å². The smallest absolute Gasteiger partial charge is 0.201 e. The maximum absolute atomic E-state index is 2.46. The van der Waals surface area contributed by atoms with E-state index in [0.29, 0.717) is 0 Å². The predicted molar refractivity (Wildman–Crippen MR) is 97.9 cm³/mol. The molecule has 1 aromatic carbocycles. The molecule has 0 saturated heterocycles. The fraction of sp³-hybridized carbons (Fsp3) is 0.500. The Bertz CT molecular complexity index is 794. The van der Waals surface area contributed by atoms with Gasteiger partial charge in [0, 0.05) is 17.2 Å². The molecule has 0 spiro atoms. The average molecular weight is 308 g/mol. The first-order valence-electron chi connectivity index (χ1n) is 8.66. The van der Waals surface area contributed by atoms with Gasteiger partial charge >= 0.3 is 0 Å². The van der Waals surface area contributed by atoms with Crippen molar-refractivity contribution in [3.05, 3.63) is 52.2 Å². The second-order valence-corrected chi connectivity index (χ2v) is 8.79. The Morgan fingerprint density at radius 2 is 1.35 bits per heavy atom. The largest absolute Gasteiger partial charge is 0.212 e. The van der Waals surface area contributed by atoms with Gasteiger partial charge in [0.15, 0.2) is 6.20 Å². The topological polar surface area (TPSA) is 3.88 Å². The van der Waals surface area contributed by atoms with Crippen LogP contribution in [0.25, 0.3) is 11.3 Å². The molecule has 0 N–H and O–H groups in total. The highest BCUT2D eigenvalue weighted by Crippen LogP contribution is 2.50. The molecule has 122 valence electrons. The molecule has 0 unspecified atom stereocenters. The SMILES string of the molecule is Cc1cc(-c2cc3c(cc2C)C(C)(C)CC3(C)C)[n+](C)cc1C. The second-order valence-electron chi connectivity index (χ2n) is 8.79. The van der Waals surface area contributed by atoms with Gasteiger partial charge in [-0.25, -0.2) is 4.57 Å². The summed E-state index contributed by atoms with van der Waals surface area (Å²) in [4.78, 5) is 0. The van der Waals surface area contributed by atoms with Crippen molar-refractivity contribution >= 4 is 0 Å². The molecule has 0 bridgehead atoms. The number of nitrogens with zero attached hydrogens (tertiary/aromatic N) is 1. The highest BCUT2D eigenvalue weighted by molar-refractivity contribution is 5.66. The standard InChI is InChI=1S/C22H30N/c1-14-10-20(23(8)12-16(14)3)17-11-19-18(9-15(17)2)21(4,5)13-22(19,6)7/h9-12H,13H2,1-8H3/q+1. The lowest BCUT2D eigenvalue weighted by atomic mass is 9.82. The highest BCUT2D eigenvalue weighted by Gasteiger charge is 2.42. The van der Waals surface area contributed by atoms with Crippen molar-refractivity contribution in [3.63, 3.8) is 0 Å². The van der Waals surface area contributed by atoms with Gasteiger partial charge < -0.3 is 0 Å². The van der Waals surface area contributed by atoms with E-state index in [9.17, 15) is 0 Å². The van der Waals surface area contributed by atoms with E-state index in [1.807, 2.05) is 0 Å². The molecule has 0 atom stereocenters. The number of hydrogen-bond acceptors (Lipinski definition) is 0. The molecule has 1 aromatic heterocycles. The van der Waals surface area contributed by atoms with Crippen LogP contribution >= 0.6 is 0 Å². The molecule has 0 radical (unpaired) electrons. The summed E-state index contributed by atoms with van der Waals surface area (Å²) in [6.07, 6.45) is 3.46. The van der Waals surface area contributed by atoms with Gasteiger partial charge in [0.2, 0.25) is 5.69 Å². The van der Waals surface area contributed by atoms with Gasteiger partial charge in [-0.1, -0.05) is 33.8 Å². The molecule has 3 rings (SSSR count). The van der Waals surface area contributed by atoms with Gasteiger partial charge in [-0.3, -0.25) is 0 Å². The van der Waals surface area contributed by atoms with E-state index < -0.39 is 0 Å². The summed E-state index contributed by atoms with van der Waals surface area (Å²) in [6, 6.07) is 7.23. The molecule has 0 amide bonds. The molecule has 1 heterocycles. The van der Waals surface area contributed by atoms with Crippen LogP contribution in [0.2, 0.25) is 0 Å². The summed E-state index contributed by atoms with van der Waals surface area (Å²) in [7, 11) is 2.16. The van der Waals surface area contributed by atoms with Crippen LogP contribution in [-0.2, 0) is 17.9 Å². The quantitative estimate of drug-likeness (QED) is 0.648. The van der Waals surface area contributed by atoms with Gasteiger partial charge in [-0.2, -0.15) is 0 Å². The van der Waals surface area contributed by atoms with Crippen LogP contribution in [0.5, 0.6) is 0 Å². The third-order valence-electron chi connectivity index (χ3n) is 5.73. The molecule has 1 aliphatic rings. The van der Waals surface area contributed by atoms with Crippen molar-refractivity contribution < 1.29 is 4.57 Å². The maximum atomic E-state index is 2.46. The van der Waals surface area contributed by atoms with Crippen LogP contribution in [0.15, 0.2) is 24.4 Å². The Labute approximate surface area is 141 Å². The van der Waals surface area contributed by atoms with Gasteiger partial charge in [0.05, 0.1) is 0 Å². The van der Waals surface area contributed by atoms with Crippen LogP contribution in [0, 0.1) is 20.8 Å². The third-order valence-corrected chi connectivity index (χ3v) is 5.73. The normalized spacial score (nSPS) is 18.1. The van der Waals surface area contributed by atoms with Crippen LogP contribution < -0.4 is 4.57 Å². The minimum Gasteiger partial charge on any atom is -0.201 e. The Morgan fingerprint density at radius 3 is 1.96 bits per heavy atom. The molecule has 1 nitrogen and oxygen atoms in total. The Kier molecular flexibility index (Phi) is 3.48. The van der Waals surface area contributed by atoms with Crippen molar-refractivity contribution in [2.75, 3.05) is 0 Å². The molecule has 0 fully saturated rings. The molecular weight excluding hydrogens is 278 g/mol. The maximum Gasteiger partial charge on any atom is 0.212 e. The number of hydrogen-bond donors (Lipinski definition) is 0. The summed E-state index contributed by atoms with van der Waals surface area (Å²) < 4.78 is 2.27. The van der Waals surface area contributed by atoms with Crippen molar-refractivity contribution in [1.29, 1.82) is 0 Å². The first-order chi connectivity index (χ1) is 10.5. The number of aryl methyl sites for hydroxylation is 4. The molecule has 23 heavy (non-hydrogen) atoms. The second kappa shape index (κ2) is 4.93. The minimum absolute atomic E-state index is 0.250. The fourth-order valence-electron chi connectivity index (χ4n) is 4.55. The van der Waals surface area contributed by atoms with E-state index >= 15 is 0 Å². The lowest BCUT2D eigenvalue weighted by Gasteiger charge is -2.22. The number of benzene rings is 1. The average Bonchev–Trinajstić information content (AvgIpc) is 2.58. The van der Waals surface area contributed by atoms with E-state index in [-0.39, 0.29) is 10.8 Å². The number of aromatic nitrogens is 1. The summed E-state index contributed by atoms with van der Waals surface area (Å²) >= 11 is 0. The van der Waals surface area contributed by atoms with Crippen molar-refractivity contribution in [3.8, 4) is 11.3 Å². The lowest BCUT2D eigenvalue weighted by molar-refractivity contribution is -0.660. The predicted octanol–water partition coefficient (Wildman–Crippen LogP) is 5.06. The van der Waals surface area contributed by atoms with Gasteiger partial charge in [-0.05, 0) is 66.3 Å². The van der Waals surface area contributed by atoms with Gasteiger partial charge in [-0.15, -0.1) is 0 Å². The highest BCUT2D eigenvalue weighted by atomic mass is 14.9. The first-order valence-corrected chi connectivity index (χ1v) is 8.66. The zero-order valence-electron chi connectivity index (χ0n) is 16.0. The van der Waals surface area contributed by atoms with Crippen molar-refractivity contribution in [2.45, 2.75) is 65.7 Å². The van der Waals surface area contributed by atoms with Crippen molar-refractivity contribution in [1.82, 2.24) is 0 Å². The summed E-state index contributed by atoms with van der Waals surface area (Å²) in [5.74, 6) is 0. The van der Waals surface area contributed by atoms with Crippen LogP contribution in [0.3, 0.4) is 0 Å². The van der Waals surface area contributed by atoms with E-state index in [0.717, 1.165) is 0 Å². The van der Waals surface area contributed by atoms with E-state index in [2.05, 4.69) is 84.5 Å². The monoisotopic (exact) mass is 308 g/mol. The summed E-state index contributed by atoms with van der Waals surface area (Å²) in [5, 5.41) is 0.